The molecule has 0 aromatic heterocycles. The molecular weight excluding hydrogens is 188 g/mol. The van der Waals surface area contributed by atoms with Gasteiger partial charge >= 0.3 is 0 Å². The van der Waals surface area contributed by atoms with Crippen molar-refractivity contribution >= 4 is 0 Å². The first kappa shape index (κ1) is 10.5. The molecule has 1 atom stereocenters. The van der Waals surface area contributed by atoms with Crippen LogP contribution in [0.5, 0.6) is 5.75 Å². The summed E-state index contributed by atoms with van der Waals surface area (Å²) in [5, 5.41) is 6.88. The van der Waals surface area contributed by atoms with Crippen LogP contribution in [0.3, 0.4) is 0 Å². The summed E-state index contributed by atoms with van der Waals surface area (Å²) in [7, 11) is 0. The monoisotopic (exact) mass is 206 g/mol. The quantitative estimate of drug-likeness (QED) is 0.782. The van der Waals surface area contributed by atoms with Gasteiger partial charge in [-0.25, -0.2) is 0 Å². The van der Waals surface area contributed by atoms with E-state index in [4.69, 9.17) is 4.74 Å². The lowest BCUT2D eigenvalue weighted by molar-refractivity contribution is 0.326. The van der Waals surface area contributed by atoms with Crippen molar-refractivity contribution < 1.29 is 4.74 Å². The van der Waals surface area contributed by atoms with Crippen molar-refractivity contribution in [3.05, 3.63) is 29.8 Å². The van der Waals surface area contributed by atoms with Crippen LogP contribution < -0.4 is 15.4 Å². The van der Waals surface area contributed by atoms with Crippen molar-refractivity contribution in [2.45, 2.75) is 13.0 Å². The van der Waals surface area contributed by atoms with Crippen LogP contribution in [0.1, 0.15) is 18.5 Å². The summed E-state index contributed by atoms with van der Waals surface area (Å²) in [6, 6.07) is 8.63. The first-order valence-electron chi connectivity index (χ1n) is 5.57. The van der Waals surface area contributed by atoms with Gasteiger partial charge in [-0.3, -0.25) is 0 Å². The number of rotatable bonds is 3. The fraction of sp³-hybridized carbons (Fsp3) is 0.500. The molecule has 1 aromatic carbocycles. The highest BCUT2D eigenvalue weighted by molar-refractivity contribution is 5.36. The highest BCUT2D eigenvalue weighted by atomic mass is 16.5. The number of para-hydroxylation sites is 1. The van der Waals surface area contributed by atoms with Gasteiger partial charge in [0.1, 0.15) is 5.75 Å². The number of nitrogens with one attached hydrogen (secondary N) is 2. The van der Waals surface area contributed by atoms with E-state index in [0.29, 0.717) is 6.04 Å². The molecule has 0 bridgehead atoms. The van der Waals surface area contributed by atoms with Crippen LogP contribution in [0, 0.1) is 0 Å². The molecule has 1 fully saturated rings. The Kier molecular flexibility index (Phi) is 3.59. The molecule has 82 valence electrons. The van der Waals surface area contributed by atoms with Gasteiger partial charge in [-0.05, 0) is 13.0 Å². The molecule has 2 rings (SSSR count). The van der Waals surface area contributed by atoms with Crippen molar-refractivity contribution in [2.75, 3.05) is 26.2 Å². The molecule has 1 saturated heterocycles. The molecule has 0 radical (unpaired) electrons. The van der Waals surface area contributed by atoms with Gasteiger partial charge in [0.15, 0.2) is 0 Å². The lowest BCUT2D eigenvalue weighted by Crippen LogP contribution is -2.42. The Morgan fingerprint density at radius 3 is 2.93 bits per heavy atom. The van der Waals surface area contributed by atoms with E-state index in [1.165, 1.54) is 5.56 Å². The molecule has 3 heteroatoms. The molecule has 1 heterocycles. The first-order valence-corrected chi connectivity index (χ1v) is 5.57. The highest BCUT2D eigenvalue weighted by Gasteiger charge is 2.17. The second kappa shape index (κ2) is 5.14. The maximum atomic E-state index is 5.62. The van der Waals surface area contributed by atoms with Gasteiger partial charge in [-0.2, -0.15) is 0 Å². The van der Waals surface area contributed by atoms with Gasteiger partial charge in [-0.1, -0.05) is 18.2 Å². The summed E-state index contributed by atoms with van der Waals surface area (Å²) in [5.41, 5.74) is 1.26. The summed E-state index contributed by atoms with van der Waals surface area (Å²) >= 11 is 0. The van der Waals surface area contributed by atoms with E-state index in [9.17, 15) is 0 Å². The van der Waals surface area contributed by atoms with Crippen molar-refractivity contribution in [2.24, 2.45) is 0 Å². The predicted molar refractivity (Wildman–Crippen MR) is 61.2 cm³/mol. The van der Waals surface area contributed by atoms with E-state index in [1.807, 2.05) is 19.1 Å². The number of ether oxygens (including phenoxy) is 1. The second-order valence-electron chi connectivity index (χ2n) is 3.68. The van der Waals surface area contributed by atoms with E-state index in [-0.39, 0.29) is 0 Å². The summed E-state index contributed by atoms with van der Waals surface area (Å²) in [5.74, 6) is 1.00. The van der Waals surface area contributed by atoms with Gasteiger partial charge in [-0.15, -0.1) is 0 Å². The van der Waals surface area contributed by atoms with Gasteiger partial charge in [0.05, 0.1) is 6.61 Å². The van der Waals surface area contributed by atoms with Crippen molar-refractivity contribution in [1.29, 1.82) is 0 Å². The Labute approximate surface area is 90.8 Å². The third kappa shape index (κ3) is 2.49. The zero-order valence-corrected chi connectivity index (χ0v) is 9.12. The van der Waals surface area contributed by atoms with Crippen LogP contribution in [0.2, 0.25) is 0 Å². The Balaban J connectivity index is 2.17. The van der Waals surface area contributed by atoms with E-state index in [2.05, 4.69) is 22.8 Å². The molecule has 1 aliphatic rings. The molecule has 0 unspecified atom stereocenters. The Morgan fingerprint density at radius 2 is 2.20 bits per heavy atom. The molecule has 15 heavy (non-hydrogen) atoms. The molecule has 0 spiro atoms. The number of hydrogen-bond donors (Lipinski definition) is 2. The smallest absolute Gasteiger partial charge is 0.124 e. The number of piperazine rings is 1. The third-order valence-electron chi connectivity index (χ3n) is 2.64. The molecule has 1 aromatic rings. The number of benzene rings is 1. The predicted octanol–water partition coefficient (Wildman–Crippen LogP) is 1.32. The van der Waals surface area contributed by atoms with Crippen LogP contribution in [0.15, 0.2) is 24.3 Å². The minimum atomic E-state index is 0.376. The molecule has 0 saturated carbocycles. The van der Waals surface area contributed by atoms with Crippen LogP contribution in [0.25, 0.3) is 0 Å². The Hall–Kier alpha value is -1.06. The molecule has 2 N–H and O–H groups in total. The zero-order chi connectivity index (χ0) is 10.5. The third-order valence-corrected chi connectivity index (χ3v) is 2.64. The molecule has 0 aliphatic carbocycles. The maximum absolute atomic E-state index is 5.62. The van der Waals surface area contributed by atoms with Gasteiger partial charge in [0, 0.05) is 31.2 Å². The fourth-order valence-corrected chi connectivity index (χ4v) is 1.93. The largest absolute Gasteiger partial charge is 0.494 e. The topological polar surface area (TPSA) is 33.3 Å². The van der Waals surface area contributed by atoms with Crippen LogP contribution in [0.4, 0.5) is 0 Å². The summed E-state index contributed by atoms with van der Waals surface area (Å²) in [6.07, 6.45) is 0. The minimum absolute atomic E-state index is 0.376. The average Bonchev–Trinajstić information content (AvgIpc) is 2.31. The van der Waals surface area contributed by atoms with Gasteiger partial charge in [0.25, 0.3) is 0 Å². The molecule has 0 amide bonds. The highest BCUT2D eigenvalue weighted by Crippen LogP contribution is 2.25. The summed E-state index contributed by atoms with van der Waals surface area (Å²) < 4.78 is 5.62. The Bertz CT molecular complexity index is 308. The van der Waals surface area contributed by atoms with Crippen LogP contribution >= 0.6 is 0 Å². The van der Waals surface area contributed by atoms with Crippen LogP contribution in [-0.2, 0) is 0 Å². The Morgan fingerprint density at radius 1 is 1.33 bits per heavy atom. The average molecular weight is 206 g/mol. The molecule has 1 aliphatic heterocycles. The van der Waals surface area contributed by atoms with Gasteiger partial charge < -0.3 is 15.4 Å². The second-order valence-corrected chi connectivity index (χ2v) is 3.68. The fourth-order valence-electron chi connectivity index (χ4n) is 1.93. The van der Waals surface area contributed by atoms with E-state index < -0.39 is 0 Å². The lowest BCUT2D eigenvalue weighted by atomic mass is 10.0. The van der Waals surface area contributed by atoms with E-state index in [0.717, 1.165) is 32.0 Å². The molecular formula is C12H18N2O. The lowest BCUT2D eigenvalue weighted by Gasteiger charge is -2.26. The SMILES string of the molecule is CCOc1ccccc1[C@H]1CNCCN1. The molecule has 3 nitrogen and oxygen atoms in total. The summed E-state index contributed by atoms with van der Waals surface area (Å²) in [6.45, 7) is 5.78. The zero-order valence-electron chi connectivity index (χ0n) is 9.12. The minimum Gasteiger partial charge on any atom is -0.494 e. The van der Waals surface area contributed by atoms with Gasteiger partial charge in [0.2, 0.25) is 0 Å². The van der Waals surface area contributed by atoms with E-state index in [1.54, 1.807) is 0 Å². The standard InChI is InChI=1S/C12H18N2O/c1-2-15-12-6-4-3-5-10(12)11-9-13-7-8-14-11/h3-6,11,13-14H,2,7-9H2,1H3/t11-/m1/s1. The van der Waals surface area contributed by atoms with Crippen LogP contribution in [-0.4, -0.2) is 26.2 Å². The van der Waals surface area contributed by atoms with Crippen molar-refractivity contribution in [3.8, 4) is 5.75 Å². The van der Waals surface area contributed by atoms with E-state index >= 15 is 0 Å². The first-order chi connectivity index (χ1) is 7.42. The summed E-state index contributed by atoms with van der Waals surface area (Å²) in [4.78, 5) is 0. The van der Waals surface area contributed by atoms with Crippen molar-refractivity contribution in [1.82, 2.24) is 10.6 Å². The maximum Gasteiger partial charge on any atom is 0.124 e. The number of hydrogen-bond acceptors (Lipinski definition) is 3. The van der Waals surface area contributed by atoms with Crippen molar-refractivity contribution in [3.63, 3.8) is 0 Å². The normalized spacial score (nSPS) is 21.3.